The number of benzene rings is 1. The van der Waals surface area contributed by atoms with Crippen molar-refractivity contribution in [1.82, 2.24) is 10.3 Å². The van der Waals surface area contributed by atoms with Crippen molar-refractivity contribution in [2.24, 2.45) is 5.41 Å². The van der Waals surface area contributed by atoms with Crippen molar-refractivity contribution in [2.45, 2.75) is 51.8 Å². The van der Waals surface area contributed by atoms with E-state index in [0.717, 1.165) is 12.8 Å². The van der Waals surface area contributed by atoms with Crippen molar-refractivity contribution >= 4 is 27.1 Å². The second-order valence-electron chi connectivity index (χ2n) is 10.4. The maximum absolute atomic E-state index is 12.9. The van der Waals surface area contributed by atoms with Crippen LogP contribution in [0.15, 0.2) is 36.5 Å². The van der Waals surface area contributed by atoms with Gasteiger partial charge in [0.15, 0.2) is 9.84 Å². The first kappa shape index (κ1) is 25.0. The molecule has 0 bridgehead atoms. The third kappa shape index (κ3) is 5.77. The summed E-state index contributed by atoms with van der Waals surface area (Å²) in [5.41, 5.74) is 0.610. The number of pyridine rings is 1. The number of carbonyl (C=O) groups is 1. The first-order valence-electron chi connectivity index (χ1n) is 11.2. The molecule has 1 aromatic heterocycles. The van der Waals surface area contributed by atoms with Crippen molar-refractivity contribution < 1.29 is 26.7 Å². The van der Waals surface area contributed by atoms with Crippen molar-refractivity contribution in [3.05, 3.63) is 53.3 Å². The van der Waals surface area contributed by atoms with Gasteiger partial charge in [-0.05, 0) is 43.4 Å². The molecule has 1 amide bonds. The summed E-state index contributed by atoms with van der Waals surface area (Å²) in [4.78, 5) is 17.2. The molecule has 11 heteroatoms. The van der Waals surface area contributed by atoms with Crippen LogP contribution in [-0.2, 0) is 9.84 Å². The van der Waals surface area contributed by atoms with E-state index in [4.69, 9.17) is 5.41 Å². The molecule has 35 heavy (non-hydrogen) atoms. The summed E-state index contributed by atoms with van der Waals surface area (Å²) in [5.74, 6) is -0.781. The fourth-order valence-electron chi connectivity index (χ4n) is 4.81. The first-order valence-corrected chi connectivity index (χ1v) is 13.0. The van der Waals surface area contributed by atoms with Gasteiger partial charge in [0.2, 0.25) is 0 Å². The molecule has 1 aromatic carbocycles. The van der Waals surface area contributed by atoms with Crippen LogP contribution < -0.4 is 15.4 Å². The topological polar surface area (TPSA) is 121 Å². The van der Waals surface area contributed by atoms with Gasteiger partial charge in [0.25, 0.3) is 5.91 Å². The lowest BCUT2D eigenvalue weighted by atomic mass is 9.68. The Bertz CT molecular complexity index is 1260. The minimum Gasteiger partial charge on any atom is -0.435 e. The number of hydrogen-bond acceptors (Lipinski definition) is 7. The van der Waals surface area contributed by atoms with Crippen molar-refractivity contribution in [3.63, 3.8) is 0 Å². The average Bonchev–Trinajstić information content (AvgIpc) is 2.70. The average molecular weight is 507 g/mol. The summed E-state index contributed by atoms with van der Waals surface area (Å²) in [7, 11) is -3.14. The van der Waals surface area contributed by atoms with Crippen LogP contribution in [-0.4, -0.2) is 54.7 Å². The van der Waals surface area contributed by atoms with Crippen molar-refractivity contribution in [3.8, 4) is 5.75 Å². The third-order valence-electron chi connectivity index (χ3n) is 6.18. The standard InChI is InChI=1S/C24H28F2N4O4S/c1-23(2)9-16(10-23)29-18-8-15(21(31)30-24(3)12-35(32,33)13-24)11-28-20(18)19(27)14-5-4-6-17(7-14)34-22(25)26/h4-8,11,16,22,27,29H,9-10,12-13H2,1-3H3,(H,30,31). The molecule has 2 heterocycles. The molecular formula is C24H28F2N4O4S. The zero-order valence-electron chi connectivity index (χ0n) is 19.7. The van der Waals surface area contributed by atoms with E-state index in [1.165, 1.54) is 24.4 Å². The summed E-state index contributed by atoms with van der Waals surface area (Å²) in [5, 5.41) is 14.8. The Morgan fingerprint density at radius 3 is 2.46 bits per heavy atom. The van der Waals surface area contributed by atoms with Gasteiger partial charge in [-0.25, -0.2) is 8.42 Å². The summed E-state index contributed by atoms with van der Waals surface area (Å²) in [6.45, 7) is 2.99. The second-order valence-corrected chi connectivity index (χ2v) is 12.4. The minimum absolute atomic E-state index is 0.0187. The molecule has 0 unspecified atom stereocenters. The molecule has 188 valence electrons. The smallest absolute Gasteiger partial charge is 0.387 e. The minimum atomic E-state index is -3.14. The van der Waals surface area contributed by atoms with Crippen LogP contribution in [0.25, 0.3) is 0 Å². The van der Waals surface area contributed by atoms with E-state index in [-0.39, 0.29) is 45.7 Å². The van der Waals surface area contributed by atoms with Crippen LogP contribution in [0.4, 0.5) is 14.5 Å². The first-order chi connectivity index (χ1) is 16.2. The van der Waals surface area contributed by atoms with Crippen LogP contribution >= 0.6 is 0 Å². The lowest BCUT2D eigenvalue weighted by Gasteiger charge is -2.43. The number of ether oxygens (including phenoxy) is 1. The molecule has 0 atom stereocenters. The number of anilines is 1. The predicted molar refractivity (Wildman–Crippen MR) is 128 cm³/mol. The Kier molecular flexibility index (Phi) is 6.33. The molecule has 3 N–H and O–H groups in total. The Hall–Kier alpha value is -3.08. The van der Waals surface area contributed by atoms with E-state index in [2.05, 4.69) is 34.2 Å². The molecule has 2 fully saturated rings. The maximum atomic E-state index is 12.9. The Morgan fingerprint density at radius 1 is 1.17 bits per heavy atom. The molecule has 4 rings (SSSR count). The van der Waals surface area contributed by atoms with Gasteiger partial charge in [-0.2, -0.15) is 8.78 Å². The summed E-state index contributed by atoms with van der Waals surface area (Å²) >= 11 is 0. The number of rotatable bonds is 8. The highest BCUT2D eigenvalue weighted by molar-refractivity contribution is 7.93. The van der Waals surface area contributed by atoms with Crippen LogP contribution in [0.5, 0.6) is 5.75 Å². The zero-order chi connectivity index (χ0) is 25.6. The second kappa shape index (κ2) is 8.85. The molecule has 8 nitrogen and oxygen atoms in total. The van der Waals surface area contributed by atoms with E-state index in [0.29, 0.717) is 11.3 Å². The van der Waals surface area contributed by atoms with E-state index >= 15 is 0 Å². The van der Waals surface area contributed by atoms with Gasteiger partial charge >= 0.3 is 6.61 Å². The van der Waals surface area contributed by atoms with Gasteiger partial charge in [-0.1, -0.05) is 26.0 Å². The van der Waals surface area contributed by atoms with E-state index in [1.54, 1.807) is 19.1 Å². The molecule has 0 radical (unpaired) electrons. The van der Waals surface area contributed by atoms with Gasteiger partial charge in [-0.15, -0.1) is 0 Å². The number of carbonyl (C=O) groups excluding carboxylic acids is 1. The van der Waals surface area contributed by atoms with Gasteiger partial charge < -0.3 is 15.4 Å². The molecule has 1 saturated heterocycles. The highest BCUT2D eigenvalue weighted by Crippen LogP contribution is 2.41. The van der Waals surface area contributed by atoms with Crippen molar-refractivity contribution in [2.75, 3.05) is 16.8 Å². The number of nitrogens with one attached hydrogen (secondary N) is 3. The summed E-state index contributed by atoms with van der Waals surface area (Å²) in [6.07, 6.45) is 3.11. The lowest BCUT2D eigenvalue weighted by molar-refractivity contribution is -0.0498. The Labute approximate surface area is 202 Å². The molecule has 0 spiro atoms. The number of sulfone groups is 1. The number of halogens is 2. The highest BCUT2D eigenvalue weighted by Gasteiger charge is 2.46. The van der Waals surface area contributed by atoms with E-state index < -0.39 is 27.9 Å². The van der Waals surface area contributed by atoms with Crippen LogP contribution in [0.1, 0.15) is 55.2 Å². The van der Waals surface area contributed by atoms with Gasteiger partial charge in [-0.3, -0.25) is 15.2 Å². The number of hydrogen-bond donors (Lipinski definition) is 3. The molecule has 1 aliphatic carbocycles. The van der Waals surface area contributed by atoms with E-state index in [9.17, 15) is 22.0 Å². The number of nitrogens with zero attached hydrogens (tertiary/aromatic N) is 1. The molecule has 1 aliphatic heterocycles. The fraction of sp³-hybridized carbons (Fsp3) is 0.458. The van der Waals surface area contributed by atoms with Crippen molar-refractivity contribution in [1.29, 1.82) is 5.41 Å². The molecule has 1 saturated carbocycles. The van der Waals surface area contributed by atoms with Crippen LogP contribution in [0.3, 0.4) is 0 Å². The Balaban J connectivity index is 1.61. The maximum Gasteiger partial charge on any atom is 0.387 e. The zero-order valence-corrected chi connectivity index (χ0v) is 20.5. The summed E-state index contributed by atoms with van der Waals surface area (Å²) < 4.78 is 52.9. The lowest BCUT2D eigenvalue weighted by Crippen LogP contribution is -2.63. The number of alkyl halides is 2. The third-order valence-corrected chi connectivity index (χ3v) is 8.34. The van der Waals surface area contributed by atoms with Gasteiger partial charge in [0.05, 0.1) is 34.0 Å². The van der Waals surface area contributed by atoms with Crippen LogP contribution in [0.2, 0.25) is 0 Å². The quantitative estimate of drug-likeness (QED) is 0.470. The number of amides is 1. The monoisotopic (exact) mass is 506 g/mol. The molecule has 2 aliphatic rings. The van der Waals surface area contributed by atoms with Gasteiger partial charge in [0, 0.05) is 17.8 Å². The highest BCUT2D eigenvalue weighted by atomic mass is 32.2. The molecular weight excluding hydrogens is 478 g/mol. The van der Waals surface area contributed by atoms with Gasteiger partial charge in [0.1, 0.15) is 11.4 Å². The summed E-state index contributed by atoms with van der Waals surface area (Å²) in [6, 6.07) is 7.54. The largest absolute Gasteiger partial charge is 0.435 e. The number of aromatic nitrogens is 1. The SMILES string of the molecule is CC1(C)CC(Nc2cc(C(=O)NC3(C)CS(=O)(=O)C3)cnc2C(=N)c2cccc(OC(F)F)c2)C1. The van der Waals surface area contributed by atoms with Crippen LogP contribution in [0, 0.1) is 10.8 Å². The van der Waals surface area contributed by atoms with E-state index in [1.807, 2.05) is 0 Å². The predicted octanol–water partition coefficient (Wildman–Crippen LogP) is 3.62. The normalized spacial score (nSPS) is 19.8. The Morgan fingerprint density at radius 2 is 1.86 bits per heavy atom. The molecule has 2 aromatic rings. The fourth-order valence-corrected chi connectivity index (χ4v) is 6.81.